The monoisotopic (exact) mass is 156 g/mol. The molecule has 0 aromatic carbocycles. The standard InChI is InChI=1S/C9H16O2/c1-6-5-7(9(2,3)4)11-8(6)10/h6-7H,5H2,1-4H3/t6-,7+/m1/s1. The topological polar surface area (TPSA) is 26.3 Å². The van der Waals surface area contributed by atoms with Crippen LogP contribution in [0.15, 0.2) is 0 Å². The van der Waals surface area contributed by atoms with Crippen LogP contribution in [0.3, 0.4) is 0 Å². The van der Waals surface area contributed by atoms with E-state index in [9.17, 15) is 4.79 Å². The lowest BCUT2D eigenvalue weighted by molar-refractivity contribution is -0.147. The van der Waals surface area contributed by atoms with Crippen molar-refractivity contribution < 1.29 is 9.53 Å². The molecule has 0 aromatic heterocycles. The fourth-order valence-electron chi connectivity index (χ4n) is 1.25. The van der Waals surface area contributed by atoms with Gasteiger partial charge in [-0.05, 0) is 11.8 Å². The van der Waals surface area contributed by atoms with Crippen molar-refractivity contribution in [2.45, 2.75) is 40.2 Å². The maximum atomic E-state index is 11.0. The lowest BCUT2D eigenvalue weighted by atomic mass is 9.86. The van der Waals surface area contributed by atoms with Gasteiger partial charge in [0, 0.05) is 0 Å². The van der Waals surface area contributed by atoms with E-state index in [1.54, 1.807) is 0 Å². The predicted octanol–water partition coefficient (Wildman–Crippen LogP) is 1.98. The fraction of sp³-hybridized carbons (Fsp3) is 0.889. The second-order valence-electron chi connectivity index (χ2n) is 4.43. The van der Waals surface area contributed by atoms with Crippen molar-refractivity contribution in [2.75, 3.05) is 0 Å². The number of hydrogen-bond donors (Lipinski definition) is 0. The van der Waals surface area contributed by atoms with E-state index in [0.29, 0.717) is 0 Å². The van der Waals surface area contributed by atoms with Gasteiger partial charge in [0.05, 0.1) is 5.92 Å². The Hall–Kier alpha value is -0.530. The number of hydrogen-bond acceptors (Lipinski definition) is 2. The number of carbonyl (C=O) groups excluding carboxylic acids is 1. The van der Waals surface area contributed by atoms with Crippen LogP contribution >= 0.6 is 0 Å². The van der Waals surface area contributed by atoms with Gasteiger partial charge in [0.15, 0.2) is 0 Å². The summed E-state index contributed by atoms with van der Waals surface area (Å²) in [6.45, 7) is 8.23. The van der Waals surface area contributed by atoms with E-state index in [1.807, 2.05) is 6.92 Å². The zero-order chi connectivity index (χ0) is 8.65. The van der Waals surface area contributed by atoms with Gasteiger partial charge < -0.3 is 4.74 Å². The van der Waals surface area contributed by atoms with Gasteiger partial charge in [-0.2, -0.15) is 0 Å². The summed E-state index contributed by atoms with van der Waals surface area (Å²) in [6, 6.07) is 0. The molecule has 0 aromatic rings. The summed E-state index contributed by atoms with van der Waals surface area (Å²) in [5, 5.41) is 0. The van der Waals surface area contributed by atoms with E-state index in [-0.39, 0.29) is 23.4 Å². The molecule has 0 spiro atoms. The minimum Gasteiger partial charge on any atom is -0.462 e. The van der Waals surface area contributed by atoms with E-state index in [1.165, 1.54) is 0 Å². The molecule has 0 aliphatic carbocycles. The van der Waals surface area contributed by atoms with Crippen LogP contribution in [0.5, 0.6) is 0 Å². The summed E-state index contributed by atoms with van der Waals surface area (Å²) in [6.07, 6.45) is 0.993. The normalized spacial score (nSPS) is 32.2. The van der Waals surface area contributed by atoms with E-state index in [0.717, 1.165) is 6.42 Å². The average molecular weight is 156 g/mol. The van der Waals surface area contributed by atoms with Gasteiger partial charge in [0.1, 0.15) is 6.10 Å². The molecule has 2 atom stereocenters. The number of ether oxygens (including phenoxy) is 1. The van der Waals surface area contributed by atoms with Gasteiger partial charge in [0.2, 0.25) is 0 Å². The third-order valence-corrected chi connectivity index (χ3v) is 2.19. The Balaban J connectivity index is 2.61. The quantitative estimate of drug-likeness (QED) is 0.501. The van der Waals surface area contributed by atoms with Crippen LogP contribution in [0.25, 0.3) is 0 Å². The molecule has 1 rings (SSSR count). The molecule has 1 fully saturated rings. The van der Waals surface area contributed by atoms with Gasteiger partial charge in [-0.3, -0.25) is 4.79 Å². The highest BCUT2D eigenvalue weighted by atomic mass is 16.6. The third-order valence-electron chi connectivity index (χ3n) is 2.19. The van der Waals surface area contributed by atoms with E-state index >= 15 is 0 Å². The maximum Gasteiger partial charge on any atom is 0.309 e. The third kappa shape index (κ3) is 1.73. The van der Waals surface area contributed by atoms with Crippen LogP contribution < -0.4 is 0 Å². The summed E-state index contributed by atoms with van der Waals surface area (Å²) < 4.78 is 5.20. The van der Waals surface area contributed by atoms with Crippen molar-refractivity contribution in [3.8, 4) is 0 Å². The van der Waals surface area contributed by atoms with Crippen molar-refractivity contribution in [3.05, 3.63) is 0 Å². The lowest BCUT2D eigenvalue weighted by Gasteiger charge is -2.24. The van der Waals surface area contributed by atoms with Crippen LogP contribution in [0.4, 0.5) is 0 Å². The average Bonchev–Trinajstić information content (AvgIpc) is 2.11. The Bertz CT molecular complexity index is 167. The molecule has 11 heavy (non-hydrogen) atoms. The summed E-state index contributed by atoms with van der Waals surface area (Å²) in [5.41, 5.74) is 0.0976. The first kappa shape index (κ1) is 8.57. The first-order chi connectivity index (χ1) is 4.91. The van der Waals surface area contributed by atoms with Crippen molar-refractivity contribution in [3.63, 3.8) is 0 Å². The zero-order valence-electron chi connectivity index (χ0n) is 7.68. The van der Waals surface area contributed by atoms with Gasteiger partial charge in [-0.15, -0.1) is 0 Å². The Labute approximate surface area is 67.9 Å². The summed E-state index contributed by atoms with van der Waals surface area (Å²) in [4.78, 5) is 11.0. The molecule has 0 unspecified atom stereocenters. The fourth-order valence-corrected chi connectivity index (χ4v) is 1.25. The highest BCUT2D eigenvalue weighted by Crippen LogP contribution is 2.33. The molecular formula is C9H16O2. The molecule has 1 saturated heterocycles. The highest BCUT2D eigenvalue weighted by Gasteiger charge is 2.38. The number of esters is 1. The van der Waals surface area contributed by atoms with Gasteiger partial charge >= 0.3 is 5.97 Å². The number of rotatable bonds is 0. The maximum absolute atomic E-state index is 11.0. The number of cyclic esters (lactones) is 1. The smallest absolute Gasteiger partial charge is 0.309 e. The van der Waals surface area contributed by atoms with Crippen molar-refractivity contribution >= 4 is 5.97 Å². The van der Waals surface area contributed by atoms with Crippen molar-refractivity contribution in [2.24, 2.45) is 11.3 Å². The zero-order valence-corrected chi connectivity index (χ0v) is 7.68. The molecule has 2 heteroatoms. The van der Waals surface area contributed by atoms with E-state index in [4.69, 9.17) is 4.74 Å². The van der Waals surface area contributed by atoms with E-state index in [2.05, 4.69) is 20.8 Å². The molecule has 0 N–H and O–H groups in total. The Kier molecular flexibility index (Phi) is 1.95. The molecule has 1 aliphatic heterocycles. The van der Waals surface area contributed by atoms with Crippen LogP contribution in [0, 0.1) is 11.3 Å². The summed E-state index contributed by atoms with van der Waals surface area (Å²) in [5.74, 6) is 0.0594. The molecule has 1 heterocycles. The minimum atomic E-state index is -0.0371. The Morgan fingerprint density at radius 2 is 2.00 bits per heavy atom. The second-order valence-corrected chi connectivity index (χ2v) is 4.43. The van der Waals surface area contributed by atoms with Gasteiger partial charge in [-0.25, -0.2) is 0 Å². The molecule has 0 saturated carbocycles. The SMILES string of the molecule is C[C@@H]1C[C@@H](C(C)(C)C)OC1=O. The molecule has 2 nitrogen and oxygen atoms in total. The minimum absolute atomic E-state index is 0.0371. The van der Waals surface area contributed by atoms with Crippen LogP contribution in [-0.4, -0.2) is 12.1 Å². The van der Waals surface area contributed by atoms with Crippen LogP contribution in [-0.2, 0) is 9.53 Å². The largest absolute Gasteiger partial charge is 0.462 e. The molecule has 0 bridgehead atoms. The molecule has 0 amide bonds. The van der Waals surface area contributed by atoms with Crippen LogP contribution in [0.1, 0.15) is 34.1 Å². The van der Waals surface area contributed by atoms with E-state index < -0.39 is 0 Å². The Morgan fingerprint density at radius 3 is 2.18 bits per heavy atom. The second kappa shape index (κ2) is 2.50. The molecule has 0 radical (unpaired) electrons. The number of carbonyl (C=O) groups is 1. The molecule has 64 valence electrons. The first-order valence-corrected chi connectivity index (χ1v) is 4.12. The van der Waals surface area contributed by atoms with Gasteiger partial charge in [-0.1, -0.05) is 27.7 Å². The Morgan fingerprint density at radius 1 is 1.45 bits per heavy atom. The van der Waals surface area contributed by atoms with Gasteiger partial charge in [0.25, 0.3) is 0 Å². The summed E-state index contributed by atoms with van der Waals surface area (Å²) in [7, 11) is 0. The first-order valence-electron chi connectivity index (χ1n) is 4.12. The molecular weight excluding hydrogens is 140 g/mol. The summed E-state index contributed by atoms with van der Waals surface area (Å²) >= 11 is 0. The predicted molar refractivity (Wildman–Crippen MR) is 43.1 cm³/mol. The molecule has 1 aliphatic rings. The van der Waals surface area contributed by atoms with Crippen LogP contribution in [0.2, 0.25) is 0 Å². The van der Waals surface area contributed by atoms with Crippen molar-refractivity contribution in [1.29, 1.82) is 0 Å². The highest BCUT2D eigenvalue weighted by molar-refractivity contribution is 5.74. The van der Waals surface area contributed by atoms with Crippen molar-refractivity contribution in [1.82, 2.24) is 0 Å². The lowest BCUT2D eigenvalue weighted by Crippen LogP contribution is -2.25.